The Morgan fingerprint density at radius 1 is 1.28 bits per heavy atom. The average molecular weight is 343 g/mol. The standard InChI is InChI=1S/C18H21N3O4/c1-11-4-5-12(2)15(8-11)21-13(3)14(9-19-21)17(22)20-6-7-25-10-16(20)18(23)24/h4-5,8-9,16H,6-7,10H2,1-3H3,(H,23,24)/t16-/m0/s1. The van der Waals surface area contributed by atoms with E-state index in [-0.39, 0.29) is 19.1 Å². The van der Waals surface area contributed by atoms with E-state index in [1.807, 2.05) is 39.0 Å². The third kappa shape index (κ3) is 3.15. The van der Waals surface area contributed by atoms with Crippen molar-refractivity contribution in [3.8, 4) is 5.69 Å². The van der Waals surface area contributed by atoms with Crippen molar-refractivity contribution in [3.63, 3.8) is 0 Å². The second-order valence-electron chi connectivity index (χ2n) is 6.27. The Balaban J connectivity index is 1.96. The fourth-order valence-corrected chi connectivity index (χ4v) is 3.02. The minimum atomic E-state index is -1.06. The molecule has 25 heavy (non-hydrogen) atoms. The van der Waals surface area contributed by atoms with Crippen molar-refractivity contribution in [2.75, 3.05) is 19.8 Å². The molecule has 1 aliphatic rings. The number of carboxylic acids is 1. The van der Waals surface area contributed by atoms with E-state index >= 15 is 0 Å². The molecule has 0 saturated carbocycles. The number of benzene rings is 1. The number of hydrogen-bond donors (Lipinski definition) is 1. The molecule has 1 N–H and O–H groups in total. The van der Waals surface area contributed by atoms with E-state index in [1.54, 1.807) is 4.68 Å². The van der Waals surface area contributed by atoms with Crippen LogP contribution in [0.25, 0.3) is 5.69 Å². The van der Waals surface area contributed by atoms with Gasteiger partial charge in [-0.15, -0.1) is 0 Å². The highest BCUT2D eigenvalue weighted by Crippen LogP contribution is 2.21. The molecule has 1 aromatic carbocycles. The SMILES string of the molecule is Cc1ccc(C)c(-n2ncc(C(=O)N3CCOC[C@H]3C(=O)O)c2C)c1. The number of aryl methyl sites for hydroxylation is 2. The summed E-state index contributed by atoms with van der Waals surface area (Å²) in [6.07, 6.45) is 1.51. The minimum absolute atomic E-state index is 0.00520. The van der Waals surface area contributed by atoms with Gasteiger partial charge in [-0.2, -0.15) is 5.10 Å². The number of carbonyl (C=O) groups is 2. The highest BCUT2D eigenvalue weighted by atomic mass is 16.5. The van der Waals surface area contributed by atoms with Crippen LogP contribution >= 0.6 is 0 Å². The largest absolute Gasteiger partial charge is 0.480 e. The second kappa shape index (κ2) is 6.68. The molecule has 1 saturated heterocycles. The quantitative estimate of drug-likeness (QED) is 0.917. The molecular formula is C18H21N3O4. The first kappa shape index (κ1) is 17.2. The molecule has 3 rings (SSSR count). The van der Waals surface area contributed by atoms with Crippen molar-refractivity contribution in [2.24, 2.45) is 0 Å². The van der Waals surface area contributed by atoms with Crippen molar-refractivity contribution >= 4 is 11.9 Å². The van der Waals surface area contributed by atoms with Crippen LogP contribution in [0, 0.1) is 20.8 Å². The number of hydrogen-bond acceptors (Lipinski definition) is 4. The molecule has 1 aliphatic heterocycles. The molecule has 1 aromatic heterocycles. The molecule has 0 bridgehead atoms. The number of ether oxygens (including phenoxy) is 1. The first-order chi connectivity index (χ1) is 11.9. The molecule has 0 aliphatic carbocycles. The summed E-state index contributed by atoms with van der Waals surface area (Å²) in [5.41, 5.74) is 4.16. The summed E-state index contributed by atoms with van der Waals surface area (Å²) in [4.78, 5) is 25.6. The average Bonchev–Trinajstić information content (AvgIpc) is 2.97. The van der Waals surface area contributed by atoms with E-state index in [0.717, 1.165) is 16.8 Å². The van der Waals surface area contributed by atoms with Gasteiger partial charge in [0, 0.05) is 6.54 Å². The summed E-state index contributed by atoms with van der Waals surface area (Å²) in [6, 6.07) is 5.08. The number of morpholine rings is 1. The monoisotopic (exact) mass is 343 g/mol. The van der Waals surface area contributed by atoms with Gasteiger partial charge < -0.3 is 14.7 Å². The molecule has 0 spiro atoms. The van der Waals surface area contributed by atoms with Gasteiger partial charge in [-0.25, -0.2) is 9.48 Å². The zero-order chi connectivity index (χ0) is 18.1. The lowest BCUT2D eigenvalue weighted by atomic mass is 10.1. The van der Waals surface area contributed by atoms with E-state index in [0.29, 0.717) is 17.9 Å². The summed E-state index contributed by atoms with van der Waals surface area (Å²) >= 11 is 0. The third-order valence-corrected chi connectivity index (χ3v) is 4.51. The molecule has 1 amide bonds. The molecule has 1 fully saturated rings. The highest BCUT2D eigenvalue weighted by molar-refractivity contribution is 5.97. The van der Waals surface area contributed by atoms with Gasteiger partial charge in [-0.3, -0.25) is 4.79 Å². The maximum Gasteiger partial charge on any atom is 0.328 e. The highest BCUT2D eigenvalue weighted by Gasteiger charge is 2.34. The number of carboxylic acid groups (broad SMARTS) is 1. The van der Waals surface area contributed by atoms with Crippen LogP contribution < -0.4 is 0 Å². The molecule has 132 valence electrons. The summed E-state index contributed by atoms with van der Waals surface area (Å²) in [7, 11) is 0. The van der Waals surface area contributed by atoms with E-state index < -0.39 is 12.0 Å². The van der Waals surface area contributed by atoms with Crippen LogP contribution in [0.1, 0.15) is 27.2 Å². The van der Waals surface area contributed by atoms with Crippen molar-refractivity contribution in [1.29, 1.82) is 0 Å². The Morgan fingerprint density at radius 3 is 2.76 bits per heavy atom. The molecule has 2 aromatic rings. The van der Waals surface area contributed by atoms with E-state index in [4.69, 9.17) is 4.74 Å². The van der Waals surface area contributed by atoms with Gasteiger partial charge in [-0.05, 0) is 38.0 Å². The minimum Gasteiger partial charge on any atom is -0.480 e. The van der Waals surface area contributed by atoms with E-state index in [1.165, 1.54) is 11.1 Å². The van der Waals surface area contributed by atoms with Crippen LogP contribution in [-0.4, -0.2) is 57.5 Å². The van der Waals surface area contributed by atoms with Crippen LogP contribution in [-0.2, 0) is 9.53 Å². The molecule has 7 heteroatoms. The van der Waals surface area contributed by atoms with Crippen molar-refractivity contribution < 1.29 is 19.4 Å². The van der Waals surface area contributed by atoms with Gasteiger partial charge in [0.1, 0.15) is 0 Å². The van der Waals surface area contributed by atoms with Crippen LogP contribution in [0.4, 0.5) is 0 Å². The summed E-state index contributed by atoms with van der Waals surface area (Å²) in [5.74, 6) is -1.39. The normalized spacial score (nSPS) is 17.6. The number of amides is 1. The van der Waals surface area contributed by atoms with Crippen LogP contribution in [0.3, 0.4) is 0 Å². The zero-order valence-corrected chi connectivity index (χ0v) is 14.5. The van der Waals surface area contributed by atoms with Crippen LogP contribution in [0.15, 0.2) is 24.4 Å². The van der Waals surface area contributed by atoms with Crippen LogP contribution in [0.2, 0.25) is 0 Å². The summed E-state index contributed by atoms with van der Waals surface area (Å²) in [5, 5.41) is 13.7. The van der Waals surface area contributed by atoms with E-state index in [9.17, 15) is 14.7 Å². The molecule has 7 nitrogen and oxygen atoms in total. The first-order valence-electron chi connectivity index (χ1n) is 8.14. The second-order valence-corrected chi connectivity index (χ2v) is 6.27. The number of carbonyl (C=O) groups excluding carboxylic acids is 1. The van der Waals surface area contributed by atoms with Gasteiger partial charge >= 0.3 is 5.97 Å². The molecule has 1 atom stereocenters. The predicted molar refractivity (Wildman–Crippen MR) is 91.1 cm³/mol. The van der Waals surface area contributed by atoms with Gasteiger partial charge in [0.05, 0.1) is 36.4 Å². The number of aromatic nitrogens is 2. The van der Waals surface area contributed by atoms with Crippen molar-refractivity contribution in [3.05, 3.63) is 46.8 Å². The Bertz CT molecular complexity index is 828. The molecular weight excluding hydrogens is 322 g/mol. The molecule has 0 unspecified atom stereocenters. The Labute approximate surface area is 145 Å². The van der Waals surface area contributed by atoms with Gasteiger partial charge in [-0.1, -0.05) is 12.1 Å². The maximum absolute atomic E-state index is 12.9. The lowest BCUT2D eigenvalue weighted by Gasteiger charge is -2.32. The Kier molecular flexibility index (Phi) is 4.59. The first-order valence-corrected chi connectivity index (χ1v) is 8.14. The van der Waals surface area contributed by atoms with Gasteiger partial charge in [0.15, 0.2) is 6.04 Å². The lowest BCUT2D eigenvalue weighted by molar-refractivity contribution is -0.147. The lowest BCUT2D eigenvalue weighted by Crippen LogP contribution is -2.52. The maximum atomic E-state index is 12.9. The fourth-order valence-electron chi connectivity index (χ4n) is 3.02. The van der Waals surface area contributed by atoms with Gasteiger partial charge in [0.25, 0.3) is 5.91 Å². The smallest absolute Gasteiger partial charge is 0.328 e. The Hall–Kier alpha value is -2.67. The zero-order valence-electron chi connectivity index (χ0n) is 14.5. The van der Waals surface area contributed by atoms with Gasteiger partial charge in [0.2, 0.25) is 0 Å². The topological polar surface area (TPSA) is 84.7 Å². The third-order valence-electron chi connectivity index (χ3n) is 4.51. The number of aliphatic carboxylic acids is 1. The number of nitrogens with zero attached hydrogens (tertiary/aromatic N) is 3. The summed E-state index contributed by atoms with van der Waals surface area (Å²) < 4.78 is 6.93. The van der Waals surface area contributed by atoms with Crippen molar-refractivity contribution in [1.82, 2.24) is 14.7 Å². The van der Waals surface area contributed by atoms with E-state index in [2.05, 4.69) is 5.10 Å². The Morgan fingerprint density at radius 2 is 2.04 bits per heavy atom. The number of rotatable bonds is 3. The summed E-state index contributed by atoms with van der Waals surface area (Å²) in [6.45, 7) is 6.39. The van der Waals surface area contributed by atoms with Crippen molar-refractivity contribution in [2.45, 2.75) is 26.8 Å². The predicted octanol–water partition coefficient (Wildman–Crippen LogP) is 1.72. The van der Waals surface area contributed by atoms with Crippen LogP contribution in [0.5, 0.6) is 0 Å². The molecule has 2 heterocycles. The molecule has 0 radical (unpaired) electrons. The fraction of sp³-hybridized carbons (Fsp3) is 0.389.